The number of fused-ring (bicyclic) bond motifs is 1. The Bertz CT molecular complexity index is 1140. The number of hydrogen-bond acceptors (Lipinski definition) is 4. The van der Waals surface area contributed by atoms with Gasteiger partial charge in [-0.1, -0.05) is 29.8 Å². The van der Waals surface area contributed by atoms with E-state index in [4.69, 9.17) is 11.6 Å². The fourth-order valence-corrected chi connectivity index (χ4v) is 3.72. The average Bonchev–Trinajstić information content (AvgIpc) is 2.62. The van der Waals surface area contributed by atoms with Gasteiger partial charge in [0.2, 0.25) is 10.0 Å². The van der Waals surface area contributed by atoms with Crippen molar-refractivity contribution in [2.75, 3.05) is 19.4 Å². The van der Waals surface area contributed by atoms with Crippen LogP contribution in [-0.4, -0.2) is 37.7 Å². The van der Waals surface area contributed by atoms with Gasteiger partial charge in [-0.15, -0.1) is 0 Å². The minimum absolute atomic E-state index is 0.00561. The third-order valence-corrected chi connectivity index (χ3v) is 6.21. The van der Waals surface area contributed by atoms with Crippen molar-refractivity contribution in [2.24, 2.45) is 0 Å². The van der Waals surface area contributed by atoms with Crippen LogP contribution in [0.1, 0.15) is 16.1 Å². The minimum Gasteiger partial charge on any atom is -0.320 e. The standard InChI is InChI=1S/C19H18ClN3O3S/c1-12-7-8-13-5-4-6-17(18(13)21-12)22-19(24)15-11-14(9-10-16(15)20)27(25,26)23(2)3/h4-11H,1-3H3,(H,22,24). The predicted octanol–water partition coefficient (Wildman–Crippen LogP) is 3.70. The van der Waals surface area contributed by atoms with Crippen LogP contribution in [0.15, 0.2) is 53.4 Å². The molecule has 140 valence electrons. The highest BCUT2D eigenvalue weighted by Gasteiger charge is 2.21. The second kappa shape index (κ2) is 7.26. The normalized spacial score (nSPS) is 11.7. The molecule has 0 aliphatic heterocycles. The Kier molecular flexibility index (Phi) is 5.19. The number of pyridine rings is 1. The molecule has 1 heterocycles. The number of nitrogens with one attached hydrogen (secondary N) is 1. The Morgan fingerprint density at radius 1 is 1.11 bits per heavy atom. The molecule has 1 N–H and O–H groups in total. The number of nitrogens with zero attached hydrogens (tertiary/aromatic N) is 2. The molecular weight excluding hydrogens is 386 g/mol. The van der Waals surface area contributed by atoms with Gasteiger partial charge in [-0.2, -0.15) is 0 Å². The molecule has 1 amide bonds. The molecule has 0 atom stereocenters. The molecule has 0 aliphatic carbocycles. The van der Waals surface area contributed by atoms with Gasteiger partial charge in [0, 0.05) is 25.2 Å². The molecule has 3 rings (SSSR count). The second-order valence-electron chi connectivity index (χ2n) is 6.21. The maximum Gasteiger partial charge on any atom is 0.257 e. The Morgan fingerprint density at radius 3 is 2.56 bits per heavy atom. The molecule has 8 heteroatoms. The number of aromatic nitrogens is 1. The molecule has 6 nitrogen and oxygen atoms in total. The van der Waals surface area contributed by atoms with Crippen LogP contribution in [0.2, 0.25) is 5.02 Å². The summed E-state index contributed by atoms with van der Waals surface area (Å²) >= 11 is 6.15. The molecule has 0 aliphatic rings. The molecule has 0 fully saturated rings. The number of benzene rings is 2. The topological polar surface area (TPSA) is 79.4 Å². The molecule has 0 radical (unpaired) electrons. The maximum absolute atomic E-state index is 12.8. The third-order valence-electron chi connectivity index (χ3n) is 4.07. The van der Waals surface area contributed by atoms with E-state index < -0.39 is 15.9 Å². The summed E-state index contributed by atoms with van der Waals surface area (Å²) in [5.41, 5.74) is 2.07. The first-order valence-electron chi connectivity index (χ1n) is 8.10. The Balaban J connectivity index is 2.02. The van der Waals surface area contributed by atoms with Crippen LogP contribution >= 0.6 is 11.6 Å². The number of carbonyl (C=O) groups excluding carboxylic acids is 1. The van der Waals surface area contributed by atoms with E-state index in [0.717, 1.165) is 15.4 Å². The molecule has 27 heavy (non-hydrogen) atoms. The average molecular weight is 404 g/mol. The van der Waals surface area contributed by atoms with E-state index in [2.05, 4.69) is 10.3 Å². The Morgan fingerprint density at radius 2 is 1.85 bits per heavy atom. The summed E-state index contributed by atoms with van der Waals surface area (Å²) in [7, 11) is -0.832. The molecular formula is C19H18ClN3O3S. The third kappa shape index (κ3) is 3.80. The highest BCUT2D eigenvalue weighted by molar-refractivity contribution is 7.89. The first-order valence-corrected chi connectivity index (χ1v) is 9.92. The van der Waals surface area contributed by atoms with Gasteiger partial charge in [-0.25, -0.2) is 12.7 Å². The lowest BCUT2D eigenvalue weighted by Gasteiger charge is -2.14. The highest BCUT2D eigenvalue weighted by Crippen LogP contribution is 2.26. The number of halogens is 1. The summed E-state index contributed by atoms with van der Waals surface area (Å²) in [6, 6.07) is 13.3. The number of carbonyl (C=O) groups is 1. The van der Waals surface area contributed by atoms with Crippen LogP contribution in [0, 0.1) is 6.92 Å². The SMILES string of the molecule is Cc1ccc2cccc(NC(=O)c3cc(S(=O)(=O)N(C)C)ccc3Cl)c2n1. The summed E-state index contributed by atoms with van der Waals surface area (Å²) in [6.07, 6.45) is 0. The van der Waals surface area contributed by atoms with Crippen molar-refractivity contribution in [2.45, 2.75) is 11.8 Å². The van der Waals surface area contributed by atoms with E-state index in [1.165, 1.54) is 32.3 Å². The zero-order valence-corrected chi connectivity index (χ0v) is 16.6. The van der Waals surface area contributed by atoms with Crippen molar-refractivity contribution in [3.8, 4) is 0 Å². The lowest BCUT2D eigenvalue weighted by Crippen LogP contribution is -2.23. The van der Waals surface area contributed by atoms with Gasteiger partial charge in [-0.05, 0) is 37.3 Å². The van der Waals surface area contributed by atoms with Crippen LogP contribution in [0.4, 0.5) is 5.69 Å². The van der Waals surface area contributed by atoms with E-state index in [1.54, 1.807) is 6.07 Å². The Labute approximate surface area is 162 Å². The molecule has 3 aromatic rings. The van der Waals surface area contributed by atoms with Gasteiger partial charge in [0.1, 0.15) is 0 Å². The van der Waals surface area contributed by atoms with Crippen molar-refractivity contribution < 1.29 is 13.2 Å². The van der Waals surface area contributed by atoms with Crippen LogP contribution in [-0.2, 0) is 10.0 Å². The molecule has 0 saturated carbocycles. The zero-order chi connectivity index (χ0) is 19.8. The zero-order valence-electron chi connectivity index (χ0n) is 15.0. The largest absolute Gasteiger partial charge is 0.320 e. The number of para-hydroxylation sites is 1. The van der Waals surface area contributed by atoms with Gasteiger partial charge in [0.05, 0.1) is 26.7 Å². The van der Waals surface area contributed by atoms with Gasteiger partial charge in [-0.3, -0.25) is 9.78 Å². The number of anilines is 1. The monoisotopic (exact) mass is 403 g/mol. The summed E-state index contributed by atoms with van der Waals surface area (Å²) in [4.78, 5) is 17.2. The molecule has 0 bridgehead atoms. The van der Waals surface area contributed by atoms with Gasteiger partial charge in [0.25, 0.3) is 5.91 Å². The van der Waals surface area contributed by atoms with Crippen molar-refractivity contribution in [3.63, 3.8) is 0 Å². The fraction of sp³-hybridized carbons (Fsp3) is 0.158. The van der Waals surface area contributed by atoms with Gasteiger partial charge < -0.3 is 5.32 Å². The first kappa shape index (κ1) is 19.3. The van der Waals surface area contributed by atoms with Crippen molar-refractivity contribution in [1.82, 2.24) is 9.29 Å². The van der Waals surface area contributed by atoms with Crippen molar-refractivity contribution in [1.29, 1.82) is 0 Å². The molecule has 1 aromatic heterocycles. The van der Waals surface area contributed by atoms with E-state index in [1.807, 2.05) is 31.2 Å². The van der Waals surface area contributed by atoms with E-state index >= 15 is 0 Å². The maximum atomic E-state index is 12.8. The summed E-state index contributed by atoms with van der Waals surface area (Å²) in [5, 5.41) is 3.83. The smallest absolute Gasteiger partial charge is 0.257 e. The van der Waals surface area contributed by atoms with Crippen LogP contribution in [0.3, 0.4) is 0 Å². The summed E-state index contributed by atoms with van der Waals surface area (Å²) < 4.78 is 25.7. The molecule has 2 aromatic carbocycles. The second-order valence-corrected chi connectivity index (χ2v) is 8.77. The van der Waals surface area contributed by atoms with Gasteiger partial charge in [0.15, 0.2) is 0 Å². The Hall–Kier alpha value is -2.48. The summed E-state index contributed by atoms with van der Waals surface area (Å²) in [6.45, 7) is 1.87. The minimum atomic E-state index is -3.68. The first-order chi connectivity index (χ1) is 12.7. The number of rotatable bonds is 4. The predicted molar refractivity (Wildman–Crippen MR) is 107 cm³/mol. The molecule has 0 spiro atoms. The van der Waals surface area contributed by atoms with E-state index in [0.29, 0.717) is 11.2 Å². The molecule has 0 unspecified atom stereocenters. The van der Waals surface area contributed by atoms with Crippen LogP contribution in [0.5, 0.6) is 0 Å². The number of sulfonamides is 1. The molecule has 0 saturated heterocycles. The van der Waals surface area contributed by atoms with E-state index in [9.17, 15) is 13.2 Å². The lowest BCUT2D eigenvalue weighted by molar-refractivity contribution is 0.102. The lowest BCUT2D eigenvalue weighted by atomic mass is 10.1. The van der Waals surface area contributed by atoms with Crippen molar-refractivity contribution in [3.05, 3.63) is 64.8 Å². The van der Waals surface area contributed by atoms with E-state index in [-0.39, 0.29) is 15.5 Å². The van der Waals surface area contributed by atoms with Crippen molar-refractivity contribution >= 4 is 44.1 Å². The fourth-order valence-electron chi connectivity index (χ4n) is 2.58. The highest BCUT2D eigenvalue weighted by atomic mass is 35.5. The van der Waals surface area contributed by atoms with Crippen LogP contribution in [0.25, 0.3) is 10.9 Å². The quantitative estimate of drug-likeness (QED) is 0.720. The number of amides is 1. The number of aryl methyl sites for hydroxylation is 1. The summed E-state index contributed by atoms with van der Waals surface area (Å²) in [5.74, 6) is -0.508. The van der Waals surface area contributed by atoms with Crippen LogP contribution < -0.4 is 5.32 Å². The van der Waals surface area contributed by atoms with Gasteiger partial charge >= 0.3 is 0 Å². The number of hydrogen-bond donors (Lipinski definition) is 1.